The summed E-state index contributed by atoms with van der Waals surface area (Å²) in [5.74, 6) is 2.26. The van der Waals surface area contributed by atoms with Crippen molar-refractivity contribution in [2.75, 3.05) is 7.05 Å². The van der Waals surface area contributed by atoms with Gasteiger partial charge in [0.25, 0.3) is 0 Å². The minimum absolute atomic E-state index is 0.0861. The number of nitrogens with zero attached hydrogens (tertiary/aromatic N) is 3. The van der Waals surface area contributed by atoms with Crippen molar-refractivity contribution >= 4 is 12.0 Å². The molecule has 2 aromatic rings. The number of hydrogen-bond acceptors (Lipinski definition) is 3. The van der Waals surface area contributed by atoms with Gasteiger partial charge in [-0.2, -0.15) is 0 Å². The highest BCUT2D eigenvalue weighted by Crippen LogP contribution is 2.08. The zero-order chi connectivity index (χ0) is 13.8. The van der Waals surface area contributed by atoms with Crippen LogP contribution in [0, 0.1) is 6.92 Å². The molecular formula is C14H17N3O2. The summed E-state index contributed by atoms with van der Waals surface area (Å²) in [6, 6.07) is 3.69. The highest BCUT2D eigenvalue weighted by atomic mass is 16.3. The first-order valence-electron chi connectivity index (χ1n) is 6.02. The average Bonchev–Trinajstić information content (AvgIpc) is 2.96. The number of carbonyl (C=O) groups excluding carboxylic acids is 1. The third kappa shape index (κ3) is 3.34. The molecule has 0 spiro atoms. The van der Waals surface area contributed by atoms with E-state index in [2.05, 4.69) is 4.98 Å². The smallest absolute Gasteiger partial charge is 0.246 e. The summed E-state index contributed by atoms with van der Waals surface area (Å²) in [5, 5.41) is 0. The van der Waals surface area contributed by atoms with E-state index in [-0.39, 0.29) is 5.91 Å². The van der Waals surface area contributed by atoms with E-state index in [0.717, 1.165) is 11.6 Å². The highest BCUT2D eigenvalue weighted by molar-refractivity contribution is 5.91. The van der Waals surface area contributed by atoms with Crippen LogP contribution in [0.3, 0.4) is 0 Å². The topological polar surface area (TPSA) is 51.3 Å². The van der Waals surface area contributed by atoms with Crippen molar-refractivity contribution in [1.82, 2.24) is 14.5 Å². The van der Waals surface area contributed by atoms with E-state index in [9.17, 15) is 4.79 Å². The van der Waals surface area contributed by atoms with E-state index >= 15 is 0 Å². The second kappa shape index (κ2) is 5.56. The van der Waals surface area contributed by atoms with Crippen LogP contribution in [0.25, 0.3) is 6.08 Å². The van der Waals surface area contributed by atoms with Gasteiger partial charge in [0, 0.05) is 32.6 Å². The Kier molecular flexibility index (Phi) is 3.85. The molecule has 1 amide bonds. The fourth-order valence-corrected chi connectivity index (χ4v) is 1.66. The van der Waals surface area contributed by atoms with Gasteiger partial charge in [-0.3, -0.25) is 4.79 Å². The van der Waals surface area contributed by atoms with Crippen LogP contribution >= 0.6 is 0 Å². The molecule has 0 aliphatic rings. The third-order valence-corrected chi connectivity index (χ3v) is 2.83. The lowest BCUT2D eigenvalue weighted by Crippen LogP contribution is -2.25. The Labute approximate surface area is 112 Å². The van der Waals surface area contributed by atoms with Gasteiger partial charge in [0.1, 0.15) is 17.3 Å². The van der Waals surface area contributed by atoms with E-state index in [1.807, 2.05) is 36.9 Å². The SMILES string of the molecule is Cc1ccc(C=CC(=O)N(C)Cc2nccn2C)o1. The van der Waals surface area contributed by atoms with E-state index in [1.165, 1.54) is 6.08 Å². The Morgan fingerprint density at radius 2 is 2.32 bits per heavy atom. The molecule has 0 radical (unpaired) electrons. The molecule has 2 heterocycles. The predicted molar refractivity (Wildman–Crippen MR) is 72.2 cm³/mol. The number of carbonyl (C=O) groups is 1. The minimum Gasteiger partial charge on any atom is -0.462 e. The van der Waals surface area contributed by atoms with Crippen molar-refractivity contribution in [2.45, 2.75) is 13.5 Å². The average molecular weight is 259 g/mol. The van der Waals surface area contributed by atoms with E-state index in [0.29, 0.717) is 12.3 Å². The maximum Gasteiger partial charge on any atom is 0.246 e. The number of aryl methyl sites for hydroxylation is 2. The van der Waals surface area contributed by atoms with Gasteiger partial charge in [-0.05, 0) is 25.1 Å². The number of amides is 1. The Balaban J connectivity index is 1.96. The van der Waals surface area contributed by atoms with E-state index in [1.54, 1.807) is 24.2 Å². The van der Waals surface area contributed by atoms with Gasteiger partial charge in [-0.1, -0.05) is 0 Å². The van der Waals surface area contributed by atoms with Crippen LogP contribution in [-0.2, 0) is 18.4 Å². The van der Waals surface area contributed by atoms with Gasteiger partial charge in [0.15, 0.2) is 0 Å². The maximum absolute atomic E-state index is 11.9. The van der Waals surface area contributed by atoms with Gasteiger partial charge in [-0.25, -0.2) is 4.98 Å². The maximum atomic E-state index is 11.9. The fraction of sp³-hybridized carbons (Fsp3) is 0.286. The standard InChI is InChI=1S/C14H17N3O2/c1-11-4-5-12(19-11)6-7-14(18)17(3)10-13-15-8-9-16(13)2/h4-9H,10H2,1-3H3. The lowest BCUT2D eigenvalue weighted by Gasteiger charge is -2.14. The zero-order valence-electron chi connectivity index (χ0n) is 11.3. The van der Waals surface area contributed by atoms with Crippen molar-refractivity contribution in [3.8, 4) is 0 Å². The predicted octanol–water partition coefficient (Wildman–Crippen LogP) is 1.99. The summed E-state index contributed by atoms with van der Waals surface area (Å²) in [6.07, 6.45) is 6.75. The Hall–Kier alpha value is -2.30. The molecule has 5 nitrogen and oxygen atoms in total. The second-order valence-corrected chi connectivity index (χ2v) is 4.43. The monoisotopic (exact) mass is 259 g/mol. The number of furan rings is 1. The lowest BCUT2D eigenvalue weighted by molar-refractivity contribution is -0.125. The molecule has 0 aliphatic carbocycles. The number of aromatic nitrogens is 2. The lowest BCUT2D eigenvalue weighted by atomic mass is 10.3. The molecule has 2 aromatic heterocycles. The van der Waals surface area contributed by atoms with Crippen molar-refractivity contribution in [3.05, 3.63) is 47.9 Å². The molecule has 0 aromatic carbocycles. The summed E-state index contributed by atoms with van der Waals surface area (Å²) >= 11 is 0. The summed E-state index contributed by atoms with van der Waals surface area (Å²) in [5.41, 5.74) is 0. The molecule has 2 rings (SSSR count). The normalized spacial score (nSPS) is 11.1. The summed E-state index contributed by atoms with van der Waals surface area (Å²) in [7, 11) is 3.65. The van der Waals surface area contributed by atoms with Crippen molar-refractivity contribution in [3.63, 3.8) is 0 Å². The van der Waals surface area contributed by atoms with E-state index in [4.69, 9.17) is 4.42 Å². The molecule has 0 unspecified atom stereocenters. The number of likely N-dealkylation sites (N-methyl/N-ethyl adjacent to an activating group) is 1. The van der Waals surface area contributed by atoms with E-state index < -0.39 is 0 Å². The molecule has 0 saturated carbocycles. The molecule has 5 heteroatoms. The quantitative estimate of drug-likeness (QED) is 0.789. The molecule has 0 fully saturated rings. The first-order valence-corrected chi connectivity index (χ1v) is 6.02. The molecule has 0 aliphatic heterocycles. The van der Waals surface area contributed by atoms with Crippen LogP contribution in [0.2, 0.25) is 0 Å². The van der Waals surface area contributed by atoms with Gasteiger partial charge >= 0.3 is 0 Å². The third-order valence-electron chi connectivity index (χ3n) is 2.83. The van der Waals surface area contributed by atoms with Crippen LogP contribution in [0.15, 0.2) is 35.0 Å². The summed E-state index contributed by atoms with van der Waals surface area (Å²) in [4.78, 5) is 17.7. The Morgan fingerprint density at radius 1 is 1.53 bits per heavy atom. The molecule has 0 saturated heterocycles. The minimum atomic E-state index is -0.0861. The summed E-state index contributed by atoms with van der Waals surface area (Å²) < 4.78 is 7.26. The van der Waals surface area contributed by atoms with Gasteiger partial charge in [0.2, 0.25) is 5.91 Å². The Bertz CT molecular complexity index is 595. The molecular weight excluding hydrogens is 242 g/mol. The molecule has 0 atom stereocenters. The highest BCUT2D eigenvalue weighted by Gasteiger charge is 2.08. The van der Waals surface area contributed by atoms with Gasteiger partial charge in [-0.15, -0.1) is 0 Å². The summed E-state index contributed by atoms with van der Waals surface area (Å²) in [6.45, 7) is 2.34. The molecule has 19 heavy (non-hydrogen) atoms. The number of imidazole rings is 1. The van der Waals surface area contributed by atoms with Gasteiger partial charge < -0.3 is 13.9 Å². The molecule has 0 bridgehead atoms. The zero-order valence-corrected chi connectivity index (χ0v) is 11.3. The first-order chi connectivity index (χ1) is 9.06. The van der Waals surface area contributed by atoms with Crippen LogP contribution in [0.5, 0.6) is 0 Å². The van der Waals surface area contributed by atoms with Crippen LogP contribution in [0.4, 0.5) is 0 Å². The first kappa shape index (κ1) is 13.1. The van der Waals surface area contributed by atoms with Crippen LogP contribution in [-0.4, -0.2) is 27.4 Å². The Morgan fingerprint density at radius 3 is 2.89 bits per heavy atom. The van der Waals surface area contributed by atoms with Gasteiger partial charge in [0.05, 0.1) is 6.54 Å². The molecule has 100 valence electrons. The van der Waals surface area contributed by atoms with Crippen molar-refractivity contribution in [2.24, 2.45) is 7.05 Å². The van der Waals surface area contributed by atoms with Crippen molar-refractivity contribution < 1.29 is 9.21 Å². The largest absolute Gasteiger partial charge is 0.462 e. The number of rotatable bonds is 4. The fourth-order valence-electron chi connectivity index (χ4n) is 1.66. The second-order valence-electron chi connectivity index (χ2n) is 4.43. The number of hydrogen-bond donors (Lipinski definition) is 0. The van der Waals surface area contributed by atoms with Crippen LogP contribution < -0.4 is 0 Å². The van der Waals surface area contributed by atoms with Crippen LogP contribution in [0.1, 0.15) is 17.3 Å². The molecule has 0 N–H and O–H groups in total. The van der Waals surface area contributed by atoms with Crippen molar-refractivity contribution in [1.29, 1.82) is 0 Å².